The third kappa shape index (κ3) is 5.22. The SMILES string of the molecule is O=C(NCc1ccc(-n2cc(CCC3CCCCC3)nn2)cc1)[C@H]1NCC[C@@H]1O. The molecule has 29 heavy (non-hydrogen) atoms. The van der Waals surface area contributed by atoms with Gasteiger partial charge in [0.05, 0.1) is 23.7 Å². The van der Waals surface area contributed by atoms with Gasteiger partial charge < -0.3 is 15.7 Å². The normalized spacial score (nSPS) is 22.7. The van der Waals surface area contributed by atoms with Crippen LogP contribution in [0.5, 0.6) is 0 Å². The number of carbonyl (C=O) groups is 1. The van der Waals surface area contributed by atoms with Gasteiger partial charge in [-0.3, -0.25) is 4.79 Å². The number of nitrogens with zero attached hydrogens (tertiary/aromatic N) is 3. The molecule has 0 bridgehead atoms. The van der Waals surface area contributed by atoms with E-state index < -0.39 is 12.1 Å². The van der Waals surface area contributed by atoms with Gasteiger partial charge in [0.1, 0.15) is 6.04 Å². The molecule has 7 nitrogen and oxygen atoms in total. The molecule has 1 aromatic carbocycles. The van der Waals surface area contributed by atoms with Gasteiger partial charge in [-0.2, -0.15) is 0 Å². The summed E-state index contributed by atoms with van der Waals surface area (Å²) in [4.78, 5) is 12.1. The van der Waals surface area contributed by atoms with Gasteiger partial charge in [-0.05, 0) is 49.4 Å². The number of aliphatic hydroxyl groups is 1. The molecular formula is C22H31N5O2. The minimum absolute atomic E-state index is 0.155. The average molecular weight is 398 g/mol. The van der Waals surface area contributed by atoms with Gasteiger partial charge in [-0.1, -0.05) is 49.5 Å². The van der Waals surface area contributed by atoms with E-state index >= 15 is 0 Å². The van der Waals surface area contributed by atoms with Crippen molar-refractivity contribution in [2.24, 2.45) is 5.92 Å². The van der Waals surface area contributed by atoms with Crippen LogP contribution in [0.2, 0.25) is 0 Å². The van der Waals surface area contributed by atoms with Crippen molar-refractivity contribution in [1.29, 1.82) is 0 Å². The first-order valence-corrected chi connectivity index (χ1v) is 10.9. The number of hydrogen-bond donors (Lipinski definition) is 3. The van der Waals surface area contributed by atoms with Gasteiger partial charge in [0.2, 0.25) is 5.91 Å². The van der Waals surface area contributed by atoms with Crippen LogP contribution in [0.1, 0.15) is 56.2 Å². The summed E-state index contributed by atoms with van der Waals surface area (Å²) >= 11 is 0. The third-order valence-corrected chi connectivity index (χ3v) is 6.21. The van der Waals surface area contributed by atoms with Gasteiger partial charge in [0.15, 0.2) is 0 Å². The topological polar surface area (TPSA) is 92.1 Å². The lowest BCUT2D eigenvalue weighted by molar-refractivity contribution is -0.124. The van der Waals surface area contributed by atoms with Crippen LogP contribution in [-0.4, -0.2) is 44.7 Å². The van der Waals surface area contributed by atoms with Crippen molar-refractivity contribution in [1.82, 2.24) is 25.6 Å². The Morgan fingerprint density at radius 3 is 2.69 bits per heavy atom. The van der Waals surface area contributed by atoms with E-state index in [1.807, 2.05) is 35.1 Å². The van der Waals surface area contributed by atoms with Crippen molar-refractivity contribution in [3.8, 4) is 5.69 Å². The zero-order valence-electron chi connectivity index (χ0n) is 16.9. The average Bonchev–Trinajstić information content (AvgIpc) is 3.41. The van der Waals surface area contributed by atoms with Crippen molar-refractivity contribution < 1.29 is 9.90 Å². The second-order valence-corrected chi connectivity index (χ2v) is 8.37. The van der Waals surface area contributed by atoms with Crippen molar-refractivity contribution >= 4 is 5.91 Å². The largest absolute Gasteiger partial charge is 0.391 e. The summed E-state index contributed by atoms with van der Waals surface area (Å²) in [5.41, 5.74) is 3.02. The van der Waals surface area contributed by atoms with Crippen molar-refractivity contribution in [2.45, 2.75) is 70.1 Å². The molecule has 0 spiro atoms. The van der Waals surface area contributed by atoms with Crippen LogP contribution in [0, 0.1) is 5.92 Å². The van der Waals surface area contributed by atoms with E-state index in [-0.39, 0.29) is 5.91 Å². The molecule has 7 heteroatoms. The Kier molecular flexibility index (Phi) is 6.56. The molecule has 0 radical (unpaired) electrons. The maximum Gasteiger partial charge on any atom is 0.240 e. The van der Waals surface area contributed by atoms with Gasteiger partial charge >= 0.3 is 0 Å². The van der Waals surface area contributed by atoms with Crippen molar-refractivity contribution in [3.05, 3.63) is 41.7 Å². The molecule has 2 aliphatic rings. The quantitative estimate of drug-likeness (QED) is 0.666. The van der Waals surface area contributed by atoms with E-state index in [1.54, 1.807) is 0 Å². The number of benzene rings is 1. The Labute approximate surface area is 171 Å². The van der Waals surface area contributed by atoms with E-state index in [4.69, 9.17) is 0 Å². The zero-order chi connectivity index (χ0) is 20.1. The highest BCUT2D eigenvalue weighted by Crippen LogP contribution is 2.27. The molecule has 3 N–H and O–H groups in total. The predicted molar refractivity (Wildman–Crippen MR) is 111 cm³/mol. The molecule has 156 valence electrons. The number of carbonyl (C=O) groups excluding carboxylic acids is 1. The van der Waals surface area contributed by atoms with Crippen molar-refractivity contribution in [3.63, 3.8) is 0 Å². The Bertz CT molecular complexity index is 798. The fourth-order valence-electron chi connectivity index (χ4n) is 4.39. The minimum atomic E-state index is -0.600. The number of aromatic nitrogens is 3. The molecule has 1 saturated carbocycles. The highest BCUT2D eigenvalue weighted by atomic mass is 16.3. The fraction of sp³-hybridized carbons (Fsp3) is 0.591. The van der Waals surface area contributed by atoms with E-state index in [2.05, 4.69) is 20.9 Å². The fourth-order valence-corrected chi connectivity index (χ4v) is 4.39. The van der Waals surface area contributed by atoms with Gasteiger partial charge in [-0.25, -0.2) is 4.68 Å². The highest BCUT2D eigenvalue weighted by molar-refractivity contribution is 5.82. The zero-order valence-corrected chi connectivity index (χ0v) is 16.9. The van der Waals surface area contributed by atoms with Crippen LogP contribution in [0.4, 0.5) is 0 Å². The van der Waals surface area contributed by atoms with Crippen LogP contribution in [-0.2, 0) is 17.8 Å². The number of rotatable bonds is 7. The molecule has 2 atom stereocenters. The molecule has 1 aromatic heterocycles. The molecule has 4 rings (SSSR count). The molecular weight excluding hydrogens is 366 g/mol. The maximum atomic E-state index is 12.1. The third-order valence-electron chi connectivity index (χ3n) is 6.21. The van der Waals surface area contributed by atoms with Crippen LogP contribution >= 0.6 is 0 Å². The second kappa shape index (κ2) is 9.50. The molecule has 1 aliphatic heterocycles. The minimum Gasteiger partial charge on any atom is -0.391 e. The van der Waals surface area contributed by atoms with Crippen LogP contribution in [0.15, 0.2) is 30.5 Å². The smallest absolute Gasteiger partial charge is 0.240 e. The van der Waals surface area contributed by atoms with E-state index in [1.165, 1.54) is 38.5 Å². The summed E-state index contributed by atoms with van der Waals surface area (Å²) in [6.07, 6.45) is 11.1. The first-order valence-electron chi connectivity index (χ1n) is 10.9. The van der Waals surface area contributed by atoms with E-state index in [0.29, 0.717) is 19.5 Å². The summed E-state index contributed by atoms with van der Waals surface area (Å²) in [6, 6.07) is 7.44. The molecule has 2 aromatic rings. The molecule has 1 amide bonds. The molecule has 2 heterocycles. The summed E-state index contributed by atoms with van der Waals surface area (Å²) in [5.74, 6) is 0.696. The monoisotopic (exact) mass is 397 g/mol. The number of hydrogen-bond acceptors (Lipinski definition) is 5. The number of aryl methyl sites for hydroxylation is 1. The Morgan fingerprint density at radius 1 is 1.17 bits per heavy atom. The number of nitrogens with one attached hydrogen (secondary N) is 2. The maximum absolute atomic E-state index is 12.1. The lowest BCUT2D eigenvalue weighted by Crippen LogP contribution is -2.45. The summed E-state index contributed by atoms with van der Waals surface area (Å²) < 4.78 is 1.82. The Hall–Kier alpha value is -2.25. The summed E-state index contributed by atoms with van der Waals surface area (Å²) in [5, 5.41) is 24.3. The summed E-state index contributed by atoms with van der Waals surface area (Å²) in [6.45, 7) is 1.11. The van der Waals surface area contributed by atoms with Crippen LogP contribution in [0.3, 0.4) is 0 Å². The number of aliphatic hydroxyl groups excluding tert-OH is 1. The number of amides is 1. The molecule has 1 saturated heterocycles. The van der Waals surface area contributed by atoms with Crippen LogP contribution < -0.4 is 10.6 Å². The first kappa shape index (κ1) is 20.0. The van der Waals surface area contributed by atoms with Gasteiger partial charge in [-0.15, -0.1) is 5.10 Å². The Balaban J connectivity index is 1.27. The lowest BCUT2D eigenvalue weighted by Gasteiger charge is -2.20. The van der Waals surface area contributed by atoms with Crippen molar-refractivity contribution in [2.75, 3.05) is 6.54 Å². The molecule has 0 unspecified atom stereocenters. The first-order chi connectivity index (χ1) is 14.2. The Morgan fingerprint density at radius 2 is 1.97 bits per heavy atom. The standard InChI is InChI=1S/C22H31N5O2/c28-20-12-13-23-21(20)22(29)24-14-17-7-10-19(11-8-17)27-15-18(25-26-27)9-6-16-4-2-1-3-5-16/h7-8,10-11,15-16,20-21,23,28H,1-6,9,12-14H2,(H,24,29)/t20-,21-/m0/s1. The highest BCUT2D eigenvalue weighted by Gasteiger charge is 2.30. The predicted octanol–water partition coefficient (Wildman–Crippen LogP) is 2.12. The van der Waals surface area contributed by atoms with E-state index in [9.17, 15) is 9.90 Å². The van der Waals surface area contributed by atoms with Gasteiger partial charge in [0, 0.05) is 6.54 Å². The molecule has 2 fully saturated rings. The molecule has 1 aliphatic carbocycles. The lowest BCUT2D eigenvalue weighted by atomic mass is 9.86. The second-order valence-electron chi connectivity index (χ2n) is 8.37. The summed E-state index contributed by atoms with van der Waals surface area (Å²) in [7, 11) is 0. The van der Waals surface area contributed by atoms with Crippen LogP contribution in [0.25, 0.3) is 5.69 Å². The van der Waals surface area contributed by atoms with E-state index in [0.717, 1.165) is 29.3 Å². The van der Waals surface area contributed by atoms with Gasteiger partial charge in [0.25, 0.3) is 0 Å².